The Hall–Kier alpha value is -2.62. The molecule has 1 amide bonds. The highest BCUT2D eigenvalue weighted by Gasteiger charge is 2.54. The normalized spacial score (nSPS) is 21.3. The lowest BCUT2D eigenvalue weighted by atomic mass is 9.69. The molecular formula is C17H16F3N3O3S. The minimum atomic E-state index is -4.04. The number of halogens is 3. The van der Waals surface area contributed by atoms with E-state index in [1.165, 1.54) is 41.9 Å². The molecule has 0 aliphatic heterocycles. The van der Waals surface area contributed by atoms with Gasteiger partial charge in [-0.2, -0.15) is 5.10 Å². The monoisotopic (exact) mass is 399 g/mol. The number of hydrogen-bond donors (Lipinski definition) is 1. The van der Waals surface area contributed by atoms with Gasteiger partial charge in [-0.1, -0.05) is 13.5 Å². The van der Waals surface area contributed by atoms with E-state index >= 15 is 0 Å². The van der Waals surface area contributed by atoms with Crippen LogP contribution in [0.5, 0.6) is 0 Å². The molecule has 1 aliphatic rings. The zero-order valence-electron chi connectivity index (χ0n) is 14.2. The molecule has 0 bridgehead atoms. The van der Waals surface area contributed by atoms with Crippen LogP contribution >= 0.6 is 0 Å². The van der Waals surface area contributed by atoms with Crippen molar-refractivity contribution in [3.05, 3.63) is 59.5 Å². The molecule has 1 N–H and O–H groups in total. The fraction of sp³-hybridized carbons (Fsp3) is 0.294. The Morgan fingerprint density at radius 1 is 1.37 bits per heavy atom. The molecule has 10 heteroatoms. The second-order valence-electron chi connectivity index (χ2n) is 6.35. The summed E-state index contributed by atoms with van der Waals surface area (Å²) in [4.78, 5) is 12.2. The van der Waals surface area contributed by atoms with Crippen molar-refractivity contribution >= 4 is 15.9 Å². The minimum Gasteiger partial charge on any atom is -0.266 e. The van der Waals surface area contributed by atoms with E-state index in [9.17, 15) is 26.4 Å². The van der Waals surface area contributed by atoms with Crippen LogP contribution in [0.4, 0.5) is 13.2 Å². The Bertz CT molecular complexity index is 1000. The number of nitrogens with zero attached hydrogens (tertiary/aromatic N) is 2. The number of alkyl halides is 2. The molecule has 1 aromatic carbocycles. The first-order valence-corrected chi connectivity index (χ1v) is 9.52. The van der Waals surface area contributed by atoms with Crippen LogP contribution in [0.15, 0.2) is 42.3 Å². The van der Waals surface area contributed by atoms with Gasteiger partial charge in [-0.15, -0.1) is 0 Å². The first-order valence-electron chi connectivity index (χ1n) is 7.97. The molecule has 144 valence electrons. The molecule has 1 aliphatic carbocycles. The van der Waals surface area contributed by atoms with E-state index in [0.29, 0.717) is 16.8 Å². The van der Waals surface area contributed by atoms with Gasteiger partial charge in [0.15, 0.2) is 5.69 Å². The molecule has 1 saturated carbocycles. The van der Waals surface area contributed by atoms with E-state index in [1.54, 1.807) is 4.72 Å². The SMILES string of the molecule is C=CS(=O)(=O)NC(=O)c1cc(C2CC(F)(F)C2C)n(-c2ccc(F)cc2)n1. The maximum absolute atomic E-state index is 13.6. The predicted octanol–water partition coefficient (Wildman–Crippen LogP) is 2.97. The maximum atomic E-state index is 13.6. The lowest BCUT2D eigenvalue weighted by molar-refractivity contribution is -0.141. The highest BCUT2D eigenvalue weighted by molar-refractivity contribution is 7.92. The molecule has 0 spiro atoms. The summed E-state index contributed by atoms with van der Waals surface area (Å²) in [6.45, 7) is 4.47. The molecule has 3 rings (SSSR count). The Balaban J connectivity index is 2.03. The standard InChI is InChI=1S/C17H16F3N3O3S/c1-3-27(25,26)22-16(24)14-8-15(13-9-17(19,20)10(13)2)23(21-14)12-6-4-11(18)5-7-12/h3-8,10,13H,1,9H2,2H3,(H,22,24). The van der Waals surface area contributed by atoms with E-state index in [2.05, 4.69) is 11.7 Å². The first-order chi connectivity index (χ1) is 12.5. The molecular weight excluding hydrogens is 383 g/mol. The number of benzene rings is 1. The molecule has 2 atom stereocenters. The third-order valence-electron chi connectivity index (χ3n) is 4.64. The van der Waals surface area contributed by atoms with E-state index < -0.39 is 45.9 Å². The number of carbonyl (C=O) groups excluding carboxylic acids is 1. The predicted molar refractivity (Wildman–Crippen MR) is 91.6 cm³/mol. The summed E-state index contributed by atoms with van der Waals surface area (Å²) in [5, 5.41) is 4.62. The lowest BCUT2D eigenvalue weighted by Crippen LogP contribution is -2.44. The molecule has 2 aromatic rings. The second kappa shape index (κ2) is 6.52. The highest BCUT2D eigenvalue weighted by atomic mass is 32.2. The van der Waals surface area contributed by atoms with Crippen LogP contribution in [0, 0.1) is 11.7 Å². The van der Waals surface area contributed by atoms with Gasteiger partial charge in [-0.3, -0.25) is 4.79 Å². The Kier molecular flexibility index (Phi) is 4.62. The van der Waals surface area contributed by atoms with Gasteiger partial charge >= 0.3 is 0 Å². The molecule has 27 heavy (non-hydrogen) atoms. The summed E-state index contributed by atoms with van der Waals surface area (Å²) in [7, 11) is -4.04. The molecule has 0 saturated heterocycles. The van der Waals surface area contributed by atoms with Gasteiger partial charge in [0.1, 0.15) is 5.82 Å². The Labute approximate surface area is 153 Å². The van der Waals surface area contributed by atoms with Crippen molar-refractivity contribution in [3.8, 4) is 5.69 Å². The van der Waals surface area contributed by atoms with Crippen LogP contribution in [0.25, 0.3) is 5.69 Å². The summed E-state index contributed by atoms with van der Waals surface area (Å²) in [5.74, 6) is -5.92. The largest absolute Gasteiger partial charge is 0.285 e. The quantitative estimate of drug-likeness (QED) is 0.838. The van der Waals surface area contributed by atoms with Crippen LogP contribution in [0.3, 0.4) is 0 Å². The highest BCUT2D eigenvalue weighted by Crippen LogP contribution is 2.53. The topological polar surface area (TPSA) is 81.1 Å². The number of rotatable bonds is 5. The molecule has 1 fully saturated rings. The van der Waals surface area contributed by atoms with E-state index in [1.807, 2.05) is 0 Å². The number of carbonyl (C=O) groups is 1. The summed E-state index contributed by atoms with van der Waals surface area (Å²) in [6.07, 6.45) is -0.424. The zero-order chi connectivity index (χ0) is 20.0. The fourth-order valence-electron chi connectivity index (χ4n) is 2.93. The second-order valence-corrected chi connectivity index (χ2v) is 7.97. The van der Waals surface area contributed by atoms with Crippen LogP contribution in [0.2, 0.25) is 0 Å². The van der Waals surface area contributed by atoms with Gasteiger partial charge in [-0.25, -0.2) is 31.0 Å². The minimum absolute atomic E-state index is 0.262. The van der Waals surface area contributed by atoms with Gasteiger partial charge in [-0.05, 0) is 30.3 Å². The number of aromatic nitrogens is 2. The van der Waals surface area contributed by atoms with E-state index in [-0.39, 0.29) is 5.69 Å². The third-order valence-corrected chi connectivity index (χ3v) is 5.55. The lowest BCUT2D eigenvalue weighted by Gasteiger charge is -2.42. The van der Waals surface area contributed by atoms with E-state index in [0.717, 1.165) is 0 Å². The van der Waals surface area contributed by atoms with Crippen molar-refractivity contribution in [2.45, 2.75) is 25.2 Å². The van der Waals surface area contributed by atoms with Crippen LogP contribution < -0.4 is 4.72 Å². The molecule has 2 unspecified atom stereocenters. The molecule has 6 nitrogen and oxygen atoms in total. The Morgan fingerprint density at radius 2 is 2.00 bits per heavy atom. The first kappa shape index (κ1) is 19.2. The van der Waals surface area contributed by atoms with Crippen molar-refractivity contribution in [1.29, 1.82) is 0 Å². The molecule has 1 heterocycles. The Morgan fingerprint density at radius 3 is 2.52 bits per heavy atom. The van der Waals surface area contributed by atoms with E-state index in [4.69, 9.17) is 0 Å². The average Bonchev–Trinajstić information content (AvgIpc) is 3.05. The van der Waals surface area contributed by atoms with Crippen LogP contribution in [0.1, 0.15) is 35.4 Å². The molecule has 0 radical (unpaired) electrons. The van der Waals surface area contributed by atoms with Crippen molar-refractivity contribution in [1.82, 2.24) is 14.5 Å². The zero-order valence-corrected chi connectivity index (χ0v) is 15.0. The van der Waals surface area contributed by atoms with Crippen molar-refractivity contribution in [2.75, 3.05) is 0 Å². The van der Waals surface area contributed by atoms with Crippen LogP contribution in [-0.2, 0) is 10.0 Å². The fourth-order valence-corrected chi connectivity index (χ4v) is 3.38. The molecule has 1 aromatic heterocycles. The summed E-state index contributed by atoms with van der Waals surface area (Å²) in [5.41, 5.74) is 0.419. The smallest absolute Gasteiger partial charge is 0.266 e. The number of sulfonamides is 1. The van der Waals surface area contributed by atoms with Crippen molar-refractivity contribution < 1.29 is 26.4 Å². The average molecular weight is 399 g/mol. The van der Waals surface area contributed by atoms with Gasteiger partial charge in [0.2, 0.25) is 0 Å². The van der Waals surface area contributed by atoms with Gasteiger partial charge in [0.05, 0.1) is 5.69 Å². The van der Waals surface area contributed by atoms with Gasteiger partial charge in [0, 0.05) is 29.4 Å². The summed E-state index contributed by atoms with van der Waals surface area (Å²) < 4.78 is 66.5. The number of amides is 1. The summed E-state index contributed by atoms with van der Waals surface area (Å²) in [6, 6.07) is 6.38. The summed E-state index contributed by atoms with van der Waals surface area (Å²) >= 11 is 0. The number of nitrogens with one attached hydrogen (secondary N) is 1. The van der Waals surface area contributed by atoms with Gasteiger partial charge in [0.25, 0.3) is 21.9 Å². The third kappa shape index (κ3) is 3.61. The maximum Gasteiger partial charge on any atom is 0.285 e. The van der Waals surface area contributed by atoms with Gasteiger partial charge < -0.3 is 0 Å². The van der Waals surface area contributed by atoms with Crippen molar-refractivity contribution in [2.24, 2.45) is 5.92 Å². The van der Waals surface area contributed by atoms with Crippen molar-refractivity contribution in [3.63, 3.8) is 0 Å². The van der Waals surface area contributed by atoms with Crippen LogP contribution in [-0.4, -0.2) is 30.0 Å². The number of hydrogen-bond acceptors (Lipinski definition) is 4.